The van der Waals surface area contributed by atoms with Gasteiger partial charge in [0.05, 0.1) is 17.7 Å². The van der Waals surface area contributed by atoms with Crippen LogP contribution in [0.25, 0.3) is 17.2 Å². The first kappa shape index (κ1) is 27.4. The number of amides is 1. The summed E-state index contributed by atoms with van der Waals surface area (Å²) in [6, 6.07) is 5.67. The third-order valence-corrected chi connectivity index (χ3v) is 7.52. The number of aliphatic carboxylic acids is 1. The molecule has 4 atom stereocenters. The lowest BCUT2D eigenvalue weighted by Crippen LogP contribution is -2.37. The standard InChI is InChI=1S/C27H32F3N5O3/c1-16-7-8-18(13-17(16)2)9-10-19(14-24(36)37)33-25(38)22-15-23(35(34-22)26-31-11-12-32-26)20-5-3-4-6-21(20)27(28,29)30/h3-6,11-12,15-19H,7-10,13-14H2,1-2H3,(H,31,32)(H,33,38)(H,36,37)/t16-,17+,18?,19+/m1/s1. The minimum Gasteiger partial charge on any atom is -0.481 e. The average molecular weight is 532 g/mol. The smallest absolute Gasteiger partial charge is 0.417 e. The van der Waals surface area contributed by atoms with E-state index in [1.165, 1.54) is 36.7 Å². The molecule has 0 radical (unpaired) electrons. The van der Waals surface area contributed by atoms with Crippen LogP contribution in [-0.2, 0) is 11.0 Å². The SMILES string of the molecule is C[C@@H]1CCC(CC[C@@H](CC(=O)O)NC(=O)c2cc(-c3ccccc3C(F)(F)F)n(-c3ncc[nH]3)n2)C[C@@H]1C. The number of carbonyl (C=O) groups excluding carboxylic acids is 1. The van der Waals surface area contributed by atoms with E-state index in [9.17, 15) is 27.9 Å². The first-order chi connectivity index (χ1) is 18.0. The number of imidazole rings is 1. The Bertz CT molecular complexity index is 1260. The molecule has 1 fully saturated rings. The molecule has 38 heavy (non-hydrogen) atoms. The van der Waals surface area contributed by atoms with Crippen molar-refractivity contribution < 1.29 is 27.9 Å². The van der Waals surface area contributed by atoms with Crippen molar-refractivity contribution in [3.05, 3.63) is 54.0 Å². The zero-order valence-corrected chi connectivity index (χ0v) is 21.3. The Morgan fingerprint density at radius 1 is 1.21 bits per heavy atom. The van der Waals surface area contributed by atoms with Crippen molar-refractivity contribution in [1.29, 1.82) is 0 Å². The number of hydrogen-bond acceptors (Lipinski definition) is 4. The molecule has 1 saturated carbocycles. The summed E-state index contributed by atoms with van der Waals surface area (Å²) in [6.07, 6.45) is 2.60. The normalized spacial score (nSPS) is 20.7. The van der Waals surface area contributed by atoms with Gasteiger partial charge in [-0.25, -0.2) is 4.98 Å². The van der Waals surface area contributed by atoms with Crippen LogP contribution in [-0.4, -0.2) is 42.8 Å². The molecular formula is C27H32F3N5O3. The van der Waals surface area contributed by atoms with E-state index in [0.717, 1.165) is 36.4 Å². The molecule has 1 amide bonds. The fourth-order valence-electron chi connectivity index (χ4n) is 5.23. The number of rotatable bonds is 9. The summed E-state index contributed by atoms with van der Waals surface area (Å²) in [5.41, 5.74) is -1.15. The van der Waals surface area contributed by atoms with Crippen LogP contribution in [0.15, 0.2) is 42.7 Å². The molecule has 1 unspecified atom stereocenters. The zero-order chi connectivity index (χ0) is 27.4. The first-order valence-electron chi connectivity index (χ1n) is 12.8. The third-order valence-electron chi connectivity index (χ3n) is 7.52. The summed E-state index contributed by atoms with van der Waals surface area (Å²) in [4.78, 5) is 31.6. The van der Waals surface area contributed by atoms with E-state index in [1.54, 1.807) is 0 Å². The molecule has 0 saturated heterocycles. The number of hydrogen-bond donors (Lipinski definition) is 3. The van der Waals surface area contributed by atoms with Gasteiger partial charge in [0.25, 0.3) is 5.91 Å². The van der Waals surface area contributed by atoms with Gasteiger partial charge in [0.15, 0.2) is 5.69 Å². The number of carboxylic acid groups (broad SMARTS) is 1. The maximum atomic E-state index is 13.8. The summed E-state index contributed by atoms with van der Waals surface area (Å²) in [5.74, 6) is 0.183. The molecular weight excluding hydrogens is 499 g/mol. The summed E-state index contributed by atoms with van der Waals surface area (Å²) in [7, 11) is 0. The molecule has 3 aromatic rings. The molecule has 1 aliphatic carbocycles. The van der Waals surface area contributed by atoms with Crippen molar-refractivity contribution in [1.82, 2.24) is 25.1 Å². The van der Waals surface area contributed by atoms with Gasteiger partial charge < -0.3 is 15.4 Å². The topological polar surface area (TPSA) is 113 Å². The highest BCUT2D eigenvalue weighted by atomic mass is 19.4. The monoisotopic (exact) mass is 531 g/mol. The quantitative estimate of drug-likeness (QED) is 0.328. The average Bonchev–Trinajstić information content (AvgIpc) is 3.54. The predicted molar refractivity (Wildman–Crippen MR) is 135 cm³/mol. The molecule has 3 N–H and O–H groups in total. The number of nitrogens with zero attached hydrogens (tertiary/aromatic N) is 3. The van der Waals surface area contributed by atoms with E-state index < -0.39 is 29.7 Å². The van der Waals surface area contributed by atoms with Crippen LogP contribution in [0.2, 0.25) is 0 Å². The highest BCUT2D eigenvalue weighted by Crippen LogP contribution is 2.38. The minimum absolute atomic E-state index is 0.0260. The maximum Gasteiger partial charge on any atom is 0.417 e. The van der Waals surface area contributed by atoms with Crippen molar-refractivity contribution in [2.75, 3.05) is 0 Å². The van der Waals surface area contributed by atoms with E-state index in [2.05, 4.69) is 34.2 Å². The van der Waals surface area contributed by atoms with Crippen molar-refractivity contribution in [2.24, 2.45) is 17.8 Å². The second-order valence-corrected chi connectivity index (χ2v) is 10.3. The van der Waals surface area contributed by atoms with Crippen LogP contribution in [0.4, 0.5) is 13.2 Å². The summed E-state index contributed by atoms with van der Waals surface area (Å²) in [5, 5.41) is 16.4. The van der Waals surface area contributed by atoms with Gasteiger partial charge in [0, 0.05) is 24.0 Å². The highest BCUT2D eigenvalue weighted by molar-refractivity contribution is 5.94. The largest absolute Gasteiger partial charge is 0.481 e. The summed E-state index contributed by atoms with van der Waals surface area (Å²) in [6.45, 7) is 4.48. The molecule has 0 aliphatic heterocycles. The van der Waals surface area contributed by atoms with Crippen LogP contribution in [0, 0.1) is 17.8 Å². The molecule has 4 rings (SSSR count). The van der Waals surface area contributed by atoms with Gasteiger partial charge in [0.1, 0.15) is 0 Å². The van der Waals surface area contributed by atoms with E-state index in [4.69, 9.17) is 0 Å². The zero-order valence-electron chi connectivity index (χ0n) is 21.3. The number of aromatic amines is 1. The Morgan fingerprint density at radius 3 is 2.63 bits per heavy atom. The number of benzene rings is 1. The Kier molecular flexibility index (Phi) is 8.23. The Morgan fingerprint density at radius 2 is 1.97 bits per heavy atom. The summed E-state index contributed by atoms with van der Waals surface area (Å²) < 4.78 is 42.4. The van der Waals surface area contributed by atoms with Gasteiger partial charge in [0.2, 0.25) is 5.95 Å². The number of carbonyl (C=O) groups is 2. The molecule has 0 bridgehead atoms. The van der Waals surface area contributed by atoms with Crippen molar-refractivity contribution >= 4 is 11.9 Å². The molecule has 1 aliphatic rings. The second kappa shape index (κ2) is 11.4. The fourth-order valence-corrected chi connectivity index (χ4v) is 5.23. The van der Waals surface area contributed by atoms with Crippen LogP contribution in [0.1, 0.15) is 68.4 Å². The number of aromatic nitrogens is 4. The van der Waals surface area contributed by atoms with E-state index in [0.29, 0.717) is 24.2 Å². The van der Waals surface area contributed by atoms with Crippen molar-refractivity contribution in [3.8, 4) is 17.2 Å². The fraction of sp³-hybridized carbons (Fsp3) is 0.481. The number of alkyl halides is 3. The summed E-state index contributed by atoms with van der Waals surface area (Å²) >= 11 is 0. The van der Waals surface area contributed by atoms with E-state index >= 15 is 0 Å². The third kappa shape index (κ3) is 6.43. The molecule has 204 valence electrons. The van der Waals surface area contributed by atoms with Crippen LogP contribution >= 0.6 is 0 Å². The van der Waals surface area contributed by atoms with Crippen LogP contribution < -0.4 is 5.32 Å². The van der Waals surface area contributed by atoms with Crippen molar-refractivity contribution in [3.63, 3.8) is 0 Å². The van der Waals surface area contributed by atoms with Gasteiger partial charge in [-0.2, -0.15) is 23.0 Å². The maximum absolute atomic E-state index is 13.8. The van der Waals surface area contributed by atoms with Gasteiger partial charge in [-0.05, 0) is 49.1 Å². The van der Waals surface area contributed by atoms with E-state index in [-0.39, 0.29) is 29.3 Å². The molecule has 2 heterocycles. The highest BCUT2D eigenvalue weighted by Gasteiger charge is 2.35. The lowest BCUT2D eigenvalue weighted by molar-refractivity contribution is -0.138. The van der Waals surface area contributed by atoms with E-state index in [1.807, 2.05) is 0 Å². The number of carboxylic acids is 1. The molecule has 2 aromatic heterocycles. The number of nitrogens with one attached hydrogen (secondary N) is 2. The van der Waals surface area contributed by atoms with Crippen LogP contribution in [0.3, 0.4) is 0 Å². The van der Waals surface area contributed by atoms with Gasteiger partial charge in [-0.3, -0.25) is 9.59 Å². The number of halogens is 3. The molecule has 8 nitrogen and oxygen atoms in total. The second-order valence-electron chi connectivity index (χ2n) is 10.3. The van der Waals surface area contributed by atoms with Crippen LogP contribution in [0.5, 0.6) is 0 Å². The Labute approximate surface area is 218 Å². The molecule has 0 spiro atoms. The lowest BCUT2D eigenvalue weighted by Gasteiger charge is -2.32. The molecule has 1 aromatic carbocycles. The number of H-pyrrole nitrogens is 1. The van der Waals surface area contributed by atoms with Gasteiger partial charge >= 0.3 is 12.1 Å². The minimum atomic E-state index is -4.63. The molecule has 11 heteroatoms. The first-order valence-corrected chi connectivity index (χ1v) is 12.8. The van der Waals surface area contributed by atoms with Gasteiger partial charge in [-0.15, -0.1) is 0 Å². The lowest BCUT2D eigenvalue weighted by atomic mass is 9.74. The predicted octanol–water partition coefficient (Wildman–Crippen LogP) is 5.71. The van der Waals surface area contributed by atoms with Crippen molar-refractivity contribution in [2.45, 2.75) is 64.6 Å². The van der Waals surface area contributed by atoms with Gasteiger partial charge in [-0.1, -0.05) is 44.9 Å². The Hall–Kier alpha value is -3.63. The Balaban J connectivity index is 1.58.